The number of amides is 3. The molecule has 0 saturated carbocycles. The summed E-state index contributed by atoms with van der Waals surface area (Å²) in [5.74, 6) is 0.679. The van der Waals surface area contributed by atoms with Crippen LogP contribution >= 0.6 is 23.1 Å². The minimum Gasteiger partial charge on any atom is -0.337 e. The smallest absolute Gasteiger partial charge is 0.333 e. The Kier molecular flexibility index (Phi) is 8.27. The van der Waals surface area contributed by atoms with Gasteiger partial charge < -0.3 is 5.32 Å². The minimum atomic E-state index is -0.390. The zero-order chi connectivity index (χ0) is 17.9. The number of thioether (sulfide) groups is 1. The van der Waals surface area contributed by atoms with Crippen molar-refractivity contribution in [1.82, 2.24) is 21.2 Å². The highest BCUT2D eigenvalue weighted by Crippen LogP contribution is 2.24. The molecule has 134 valence electrons. The van der Waals surface area contributed by atoms with Crippen LogP contribution in [0.3, 0.4) is 0 Å². The van der Waals surface area contributed by atoms with E-state index in [1.165, 1.54) is 11.8 Å². The van der Waals surface area contributed by atoms with Crippen LogP contribution in [0.1, 0.15) is 24.8 Å². The topological polar surface area (TPSA) is 83.1 Å². The zero-order valence-electron chi connectivity index (χ0n) is 14.1. The van der Waals surface area contributed by atoms with Crippen molar-refractivity contribution in [2.24, 2.45) is 0 Å². The van der Waals surface area contributed by atoms with Gasteiger partial charge in [0.15, 0.2) is 0 Å². The number of unbranched alkanes of at least 4 members (excludes halogenated alkanes) is 1. The number of hydrogen-bond acceptors (Lipinski definition) is 5. The molecular formula is C17H22N4O2S2. The van der Waals surface area contributed by atoms with Gasteiger partial charge in [-0.25, -0.2) is 15.2 Å². The fourth-order valence-corrected chi connectivity index (χ4v) is 3.64. The molecule has 0 bridgehead atoms. The second-order valence-corrected chi connectivity index (χ2v) is 7.20. The number of nitrogens with zero attached hydrogens (tertiary/aromatic N) is 1. The summed E-state index contributed by atoms with van der Waals surface area (Å²) in [6.07, 6.45) is 1.92. The van der Waals surface area contributed by atoms with E-state index in [-0.39, 0.29) is 17.7 Å². The summed E-state index contributed by atoms with van der Waals surface area (Å²) in [5.41, 5.74) is 6.77. The number of hydrogen-bond donors (Lipinski definition) is 3. The summed E-state index contributed by atoms with van der Waals surface area (Å²) < 4.78 is 0. The summed E-state index contributed by atoms with van der Waals surface area (Å²) in [6.45, 7) is 2.64. The summed E-state index contributed by atoms with van der Waals surface area (Å²) in [7, 11) is 0. The molecular weight excluding hydrogens is 356 g/mol. The Morgan fingerprint density at radius 2 is 2.00 bits per heavy atom. The predicted molar refractivity (Wildman–Crippen MR) is 103 cm³/mol. The number of rotatable bonds is 8. The average molecular weight is 379 g/mol. The van der Waals surface area contributed by atoms with Crippen LogP contribution in [0.2, 0.25) is 0 Å². The standard InChI is InChI=1S/C17H22N4O2S2/c1-2-3-9-18-17(23)21-20-15(22)11-24-12-16-19-14(10-25-16)13-7-5-4-6-8-13/h4-8,10H,2-3,9,11-12H2,1H3,(H,20,22)(H2,18,21,23). The first-order chi connectivity index (χ1) is 12.2. The maximum absolute atomic E-state index is 11.7. The van der Waals surface area contributed by atoms with Crippen LogP contribution in [0.4, 0.5) is 4.79 Å². The normalized spacial score (nSPS) is 10.3. The molecule has 0 aliphatic heterocycles. The third-order valence-electron chi connectivity index (χ3n) is 3.21. The lowest BCUT2D eigenvalue weighted by Gasteiger charge is -2.08. The van der Waals surface area contributed by atoms with Crippen LogP contribution < -0.4 is 16.2 Å². The fourth-order valence-electron chi connectivity index (χ4n) is 1.94. The van der Waals surface area contributed by atoms with E-state index >= 15 is 0 Å². The first-order valence-electron chi connectivity index (χ1n) is 8.09. The van der Waals surface area contributed by atoms with Crippen LogP contribution in [-0.4, -0.2) is 29.2 Å². The molecule has 0 atom stereocenters. The van der Waals surface area contributed by atoms with Crippen LogP contribution in [0.15, 0.2) is 35.7 Å². The maximum Gasteiger partial charge on any atom is 0.333 e. The molecule has 1 aromatic carbocycles. The molecule has 0 aliphatic carbocycles. The predicted octanol–water partition coefficient (Wildman–Crippen LogP) is 3.17. The average Bonchev–Trinajstić information content (AvgIpc) is 3.10. The molecule has 3 N–H and O–H groups in total. The third kappa shape index (κ3) is 7.15. The van der Waals surface area contributed by atoms with Gasteiger partial charge in [0.2, 0.25) is 5.91 Å². The van der Waals surface area contributed by atoms with Gasteiger partial charge in [0.05, 0.1) is 11.4 Å². The molecule has 25 heavy (non-hydrogen) atoms. The molecule has 0 radical (unpaired) electrons. The van der Waals surface area contributed by atoms with E-state index in [0.29, 0.717) is 12.3 Å². The van der Waals surface area contributed by atoms with E-state index in [2.05, 4.69) is 21.2 Å². The van der Waals surface area contributed by atoms with E-state index in [0.717, 1.165) is 29.1 Å². The molecule has 0 fully saturated rings. The summed E-state index contributed by atoms with van der Waals surface area (Å²) in [6, 6.07) is 9.60. The van der Waals surface area contributed by atoms with Crippen molar-refractivity contribution in [3.63, 3.8) is 0 Å². The van der Waals surface area contributed by atoms with Gasteiger partial charge in [0.25, 0.3) is 0 Å². The lowest BCUT2D eigenvalue weighted by molar-refractivity contribution is -0.119. The lowest BCUT2D eigenvalue weighted by Crippen LogP contribution is -2.47. The van der Waals surface area contributed by atoms with E-state index in [1.807, 2.05) is 42.6 Å². The van der Waals surface area contributed by atoms with Gasteiger partial charge in [0.1, 0.15) is 5.01 Å². The van der Waals surface area contributed by atoms with Crippen molar-refractivity contribution >= 4 is 35.0 Å². The number of thiazole rings is 1. The first-order valence-corrected chi connectivity index (χ1v) is 10.1. The Morgan fingerprint density at radius 1 is 1.20 bits per heavy atom. The molecule has 6 nitrogen and oxygen atoms in total. The van der Waals surface area contributed by atoms with Crippen molar-refractivity contribution in [2.75, 3.05) is 12.3 Å². The van der Waals surface area contributed by atoms with Gasteiger partial charge >= 0.3 is 6.03 Å². The van der Waals surface area contributed by atoms with Crippen molar-refractivity contribution in [2.45, 2.75) is 25.5 Å². The highest BCUT2D eigenvalue weighted by Gasteiger charge is 2.07. The highest BCUT2D eigenvalue weighted by molar-refractivity contribution is 7.99. The minimum absolute atomic E-state index is 0.240. The van der Waals surface area contributed by atoms with Crippen LogP contribution in [0.5, 0.6) is 0 Å². The number of urea groups is 1. The fraction of sp³-hybridized carbons (Fsp3) is 0.353. The Labute approximate surface area is 155 Å². The first kappa shape index (κ1) is 19.3. The van der Waals surface area contributed by atoms with Gasteiger partial charge in [0, 0.05) is 23.2 Å². The van der Waals surface area contributed by atoms with Crippen LogP contribution in [0, 0.1) is 0 Å². The SMILES string of the molecule is CCCCNC(=O)NNC(=O)CSCc1nc(-c2ccccc2)cs1. The van der Waals surface area contributed by atoms with Crippen molar-refractivity contribution < 1.29 is 9.59 Å². The van der Waals surface area contributed by atoms with Gasteiger partial charge in [-0.2, -0.15) is 0 Å². The van der Waals surface area contributed by atoms with Gasteiger partial charge in [-0.15, -0.1) is 23.1 Å². The number of nitrogens with one attached hydrogen (secondary N) is 3. The molecule has 0 saturated heterocycles. The molecule has 0 unspecified atom stereocenters. The Bertz CT molecular complexity index is 676. The van der Waals surface area contributed by atoms with E-state index in [9.17, 15) is 9.59 Å². The van der Waals surface area contributed by atoms with Gasteiger partial charge in [-0.3, -0.25) is 10.2 Å². The third-order valence-corrected chi connectivity index (χ3v) is 5.19. The highest BCUT2D eigenvalue weighted by atomic mass is 32.2. The second-order valence-electron chi connectivity index (χ2n) is 5.27. The molecule has 0 spiro atoms. The summed E-state index contributed by atoms with van der Waals surface area (Å²) in [5, 5.41) is 5.65. The molecule has 2 aromatic rings. The number of benzene rings is 1. The Hall–Kier alpha value is -2.06. The monoisotopic (exact) mass is 378 g/mol. The summed E-state index contributed by atoms with van der Waals surface area (Å²) >= 11 is 3.04. The quantitative estimate of drug-likeness (QED) is 0.487. The van der Waals surface area contributed by atoms with Crippen LogP contribution in [0.25, 0.3) is 11.3 Å². The van der Waals surface area contributed by atoms with Crippen molar-refractivity contribution in [3.05, 3.63) is 40.7 Å². The van der Waals surface area contributed by atoms with E-state index in [1.54, 1.807) is 11.3 Å². The largest absolute Gasteiger partial charge is 0.337 e. The zero-order valence-corrected chi connectivity index (χ0v) is 15.7. The number of carbonyl (C=O) groups is 2. The van der Waals surface area contributed by atoms with Crippen molar-refractivity contribution in [1.29, 1.82) is 0 Å². The Morgan fingerprint density at radius 3 is 2.76 bits per heavy atom. The molecule has 2 rings (SSSR count). The van der Waals surface area contributed by atoms with Crippen LogP contribution in [-0.2, 0) is 10.5 Å². The number of hydrazine groups is 1. The summed E-state index contributed by atoms with van der Waals surface area (Å²) in [4.78, 5) is 27.7. The Balaban J connectivity index is 1.65. The molecule has 1 heterocycles. The van der Waals surface area contributed by atoms with Crippen molar-refractivity contribution in [3.8, 4) is 11.3 Å². The molecule has 3 amide bonds. The molecule has 8 heteroatoms. The van der Waals surface area contributed by atoms with Gasteiger partial charge in [-0.05, 0) is 6.42 Å². The number of aromatic nitrogens is 1. The van der Waals surface area contributed by atoms with E-state index < -0.39 is 0 Å². The lowest BCUT2D eigenvalue weighted by atomic mass is 10.2. The van der Waals surface area contributed by atoms with E-state index in [4.69, 9.17) is 0 Å². The molecule has 1 aromatic heterocycles. The van der Waals surface area contributed by atoms with Gasteiger partial charge in [-0.1, -0.05) is 43.7 Å². The molecule has 0 aliphatic rings. The number of carbonyl (C=O) groups excluding carboxylic acids is 2. The second kappa shape index (κ2) is 10.7. The maximum atomic E-state index is 11.7.